The number of rotatable bonds is 2. The number of aliphatic carboxylic acids is 2. The molecule has 0 aromatic carbocycles. The molecule has 0 amide bonds. The van der Waals surface area contributed by atoms with Crippen LogP contribution in [0.5, 0.6) is 0 Å². The average molecular weight is 310 g/mol. The maximum Gasteiger partial charge on any atom is 0.310 e. The van der Waals surface area contributed by atoms with E-state index in [1.54, 1.807) is 13.8 Å². The van der Waals surface area contributed by atoms with Gasteiger partial charge in [0, 0.05) is 11.8 Å². The van der Waals surface area contributed by atoms with Crippen LogP contribution in [0.3, 0.4) is 0 Å². The van der Waals surface area contributed by atoms with E-state index < -0.39 is 46.2 Å². The molecule has 122 valence electrons. The van der Waals surface area contributed by atoms with Gasteiger partial charge in [-0.15, -0.1) is 0 Å². The van der Waals surface area contributed by atoms with Crippen molar-refractivity contribution in [2.24, 2.45) is 23.7 Å². The molecular weight excluding hydrogens is 288 g/mol. The molecule has 4 rings (SSSR count). The van der Waals surface area contributed by atoms with Gasteiger partial charge in [0.1, 0.15) is 11.8 Å². The zero-order chi connectivity index (χ0) is 16.3. The Labute approximate surface area is 128 Å². The minimum absolute atomic E-state index is 0.0829. The number of hydrogen-bond acceptors (Lipinski definition) is 4. The van der Waals surface area contributed by atoms with E-state index in [0.29, 0.717) is 0 Å². The Kier molecular flexibility index (Phi) is 2.31. The highest BCUT2D eigenvalue weighted by molar-refractivity contribution is 5.84. The lowest BCUT2D eigenvalue weighted by molar-refractivity contribution is -0.161. The summed E-state index contributed by atoms with van der Waals surface area (Å²) in [6, 6.07) is 0. The lowest BCUT2D eigenvalue weighted by Gasteiger charge is -2.47. The van der Waals surface area contributed by atoms with Crippen molar-refractivity contribution in [3.05, 3.63) is 0 Å². The quantitative estimate of drug-likeness (QED) is 0.803. The first kappa shape index (κ1) is 14.5. The first-order valence-corrected chi connectivity index (χ1v) is 7.86. The summed E-state index contributed by atoms with van der Waals surface area (Å²) in [7, 11) is 0. The van der Waals surface area contributed by atoms with Crippen LogP contribution in [0.4, 0.5) is 0 Å². The molecular formula is C16H22O6. The van der Waals surface area contributed by atoms with Crippen molar-refractivity contribution in [1.29, 1.82) is 0 Å². The van der Waals surface area contributed by atoms with Crippen LogP contribution >= 0.6 is 0 Å². The SMILES string of the molecule is CC12CCC(C)(O1)C1C2C2(C)OC1(C)C(C(=O)O)C2C(=O)O. The Morgan fingerprint density at radius 3 is 1.50 bits per heavy atom. The average Bonchev–Trinajstić information content (AvgIpc) is 2.96. The Morgan fingerprint density at radius 2 is 1.18 bits per heavy atom. The molecule has 4 saturated heterocycles. The van der Waals surface area contributed by atoms with E-state index in [1.165, 1.54) is 0 Å². The first-order chi connectivity index (χ1) is 10.00. The van der Waals surface area contributed by atoms with Gasteiger partial charge in [0.25, 0.3) is 0 Å². The molecule has 6 nitrogen and oxygen atoms in total. The second-order valence-electron chi connectivity index (χ2n) is 8.28. The summed E-state index contributed by atoms with van der Waals surface area (Å²) in [5.74, 6) is -4.43. The van der Waals surface area contributed by atoms with E-state index in [-0.39, 0.29) is 11.8 Å². The number of carboxylic acid groups (broad SMARTS) is 2. The first-order valence-electron chi connectivity index (χ1n) is 7.86. The monoisotopic (exact) mass is 310 g/mol. The van der Waals surface area contributed by atoms with Gasteiger partial charge in [-0.2, -0.15) is 0 Å². The normalized spacial score (nSPS) is 61.5. The van der Waals surface area contributed by atoms with E-state index in [0.717, 1.165) is 12.8 Å². The smallest absolute Gasteiger partial charge is 0.310 e. The van der Waals surface area contributed by atoms with Gasteiger partial charge in [0.2, 0.25) is 0 Å². The van der Waals surface area contributed by atoms with E-state index in [4.69, 9.17) is 9.47 Å². The van der Waals surface area contributed by atoms with Gasteiger partial charge in [-0.25, -0.2) is 0 Å². The van der Waals surface area contributed by atoms with Gasteiger partial charge < -0.3 is 19.7 Å². The summed E-state index contributed by atoms with van der Waals surface area (Å²) < 4.78 is 12.5. The molecule has 4 fully saturated rings. The molecule has 0 saturated carbocycles. The molecule has 4 aliphatic rings. The van der Waals surface area contributed by atoms with Gasteiger partial charge >= 0.3 is 11.9 Å². The molecule has 8 unspecified atom stereocenters. The zero-order valence-electron chi connectivity index (χ0n) is 13.3. The Hall–Kier alpha value is -1.14. The van der Waals surface area contributed by atoms with Crippen molar-refractivity contribution < 1.29 is 29.3 Å². The van der Waals surface area contributed by atoms with Crippen LogP contribution in [0, 0.1) is 23.7 Å². The predicted molar refractivity (Wildman–Crippen MR) is 74.3 cm³/mol. The Bertz CT molecular complexity index is 553. The highest BCUT2D eigenvalue weighted by Crippen LogP contribution is 2.75. The molecule has 0 spiro atoms. The number of carboxylic acids is 2. The highest BCUT2D eigenvalue weighted by Gasteiger charge is 2.85. The Balaban J connectivity index is 1.93. The van der Waals surface area contributed by atoms with E-state index in [1.807, 2.05) is 13.8 Å². The fourth-order valence-electron chi connectivity index (χ4n) is 6.70. The van der Waals surface area contributed by atoms with Gasteiger partial charge in [0.15, 0.2) is 0 Å². The molecule has 6 heteroatoms. The molecule has 0 radical (unpaired) electrons. The molecule has 2 N–H and O–H groups in total. The fourth-order valence-corrected chi connectivity index (χ4v) is 6.70. The van der Waals surface area contributed by atoms with Gasteiger partial charge in [-0.1, -0.05) is 0 Å². The predicted octanol–water partition coefficient (Wildman–Crippen LogP) is 1.52. The maximum atomic E-state index is 11.8. The molecule has 0 aromatic rings. The van der Waals surface area contributed by atoms with Crippen LogP contribution in [-0.2, 0) is 19.1 Å². The molecule has 4 bridgehead atoms. The van der Waals surface area contributed by atoms with Crippen LogP contribution in [0.1, 0.15) is 40.5 Å². The summed E-state index contributed by atoms with van der Waals surface area (Å²) >= 11 is 0. The molecule has 0 aromatic heterocycles. The summed E-state index contributed by atoms with van der Waals surface area (Å²) in [6.07, 6.45) is 1.73. The largest absolute Gasteiger partial charge is 0.481 e. The van der Waals surface area contributed by atoms with Crippen molar-refractivity contribution in [3.63, 3.8) is 0 Å². The van der Waals surface area contributed by atoms with Crippen LogP contribution in [0.15, 0.2) is 0 Å². The minimum Gasteiger partial charge on any atom is -0.481 e. The van der Waals surface area contributed by atoms with E-state index in [2.05, 4.69) is 0 Å². The third-order valence-corrected chi connectivity index (χ3v) is 7.01. The minimum atomic E-state index is -1.09. The summed E-state index contributed by atoms with van der Waals surface area (Å²) in [5, 5.41) is 19.4. The molecule has 22 heavy (non-hydrogen) atoms. The maximum absolute atomic E-state index is 11.8. The number of hydrogen-bond donors (Lipinski definition) is 2. The zero-order valence-corrected chi connectivity index (χ0v) is 13.3. The molecule has 8 atom stereocenters. The van der Waals surface area contributed by atoms with Crippen molar-refractivity contribution in [2.75, 3.05) is 0 Å². The van der Waals surface area contributed by atoms with Crippen LogP contribution in [0.2, 0.25) is 0 Å². The van der Waals surface area contributed by atoms with Crippen LogP contribution in [0.25, 0.3) is 0 Å². The summed E-state index contributed by atoms with van der Waals surface area (Å²) in [6.45, 7) is 7.60. The number of carbonyl (C=O) groups is 2. The van der Waals surface area contributed by atoms with Crippen molar-refractivity contribution >= 4 is 11.9 Å². The fraction of sp³-hybridized carbons (Fsp3) is 0.875. The van der Waals surface area contributed by atoms with Crippen molar-refractivity contribution in [3.8, 4) is 0 Å². The van der Waals surface area contributed by atoms with Gasteiger partial charge in [-0.3, -0.25) is 9.59 Å². The van der Waals surface area contributed by atoms with Crippen molar-refractivity contribution in [2.45, 2.75) is 62.9 Å². The second kappa shape index (κ2) is 3.51. The molecule has 4 aliphatic heterocycles. The number of fused-ring (bicyclic) bond motifs is 9. The third kappa shape index (κ3) is 1.23. The summed E-state index contributed by atoms with van der Waals surface area (Å²) in [4.78, 5) is 23.7. The topological polar surface area (TPSA) is 93.1 Å². The second-order valence-corrected chi connectivity index (χ2v) is 8.28. The van der Waals surface area contributed by atoms with Gasteiger partial charge in [-0.05, 0) is 40.5 Å². The Morgan fingerprint density at radius 1 is 0.818 bits per heavy atom. The molecule has 4 heterocycles. The third-order valence-electron chi connectivity index (χ3n) is 7.01. The van der Waals surface area contributed by atoms with Crippen molar-refractivity contribution in [1.82, 2.24) is 0 Å². The van der Waals surface area contributed by atoms with Gasteiger partial charge in [0.05, 0.1) is 22.4 Å². The van der Waals surface area contributed by atoms with Crippen LogP contribution < -0.4 is 0 Å². The lowest BCUT2D eigenvalue weighted by Crippen LogP contribution is -2.61. The summed E-state index contributed by atoms with van der Waals surface area (Å²) in [5.41, 5.74) is -2.85. The standard InChI is InChI=1S/C16H22O6/c1-13-5-6-14(2,21-13)10-9(13)15(3)7(11(17)18)8(12(19)20)16(10,4)22-15/h7-10H,5-6H2,1-4H3,(H,17,18)(H,19,20). The molecule has 0 aliphatic carbocycles. The van der Waals surface area contributed by atoms with E-state index in [9.17, 15) is 19.8 Å². The lowest BCUT2D eigenvalue weighted by atomic mass is 9.49. The van der Waals surface area contributed by atoms with Crippen LogP contribution in [-0.4, -0.2) is 44.6 Å². The van der Waals surface area contributed by atoms with E-state index >= 15 is 0 Å². The number of ether oxygens (including phenoxy) is 2. The highest BCUT2D eigenvalue weighted by atomic mass is 16.6.